The van der Waals surface area contributed by atoms with Crippen LogP contribution >= 0.6 is 11.8 Å². The van der Waals surface area contributed by atoms with E-state index in [1.165, 1.54) is 11.8 Å². The minimum atomic E-state index is 0.714. The fourth-order valence-corrected chi connectivity index (χ4v) is 1.63. The quantitative estimate of drug-likeness (QED) is 0.578. The molecule has 74 valence electrons. The van der Waals surface area contributed by atoms with E-state index in [1.807, 2.05) is 20.2 Å². The second-order valence-corrected chi connectivity index (χ2v) is 3.60. The third-order valence-electron chi connectivity index (χ3n) is 1.87. The lowest BCUT2D eigenvalue weighted by Crippen LogP contribution is -1.97. The van der Waals surface area contributed by atoms with Crippen LogP contribution < -0.4 is 5.32 Å². The number of thioether (sulfide) groups is 1. The summed E-state index contributed by atoms with van der Waals surface area (Å²) < 4.78 is 0. The number of hydrogen-bond donors (Lipinski definition) is 2. The number of imidazole rings is 1. The molecule has 0 spiro atoms. The molecule has 2 heterocycles. The summed E-state index contributed by atoms with van der Waals surface area (Å²) in [6.45, 7) is 1.90. The topological polar surface area (TPSA) is 66.5 Å². The van der Waals surface area contributed by atoms with Gasteiger partial charge in [0.1, 0.15) is 11.3 Å². The van der Waals surface area contributed by atoms with Gasteiger partial charge in [-0.1, -0.05) is 11.8 Å². The van der Waals surface area contributed by atoms with Gasteiger partial charge in [-0.3, -0.25) is 0 Å². The van der Waals surface area contributed by atoms with Crippen molar-refractivity contribution in [1.82, 2.24) is 19.9 Å². The van der Waals surface area contributed by atoms with Crippen molar-refractivity contribution < 1.29 is 0 Å². The van der Waals surface area contributed by atoms with E-state index < -0.39 is 0 Å². The normalized spacial score (nSPS) is 10.8. The van der Waals surface area contributed by atoms with E-state index in [2.05, 4.69) is 25.3 Å². The molecule has 2 aromatic rings. The Balaban J connectivity index is 2.72. The summed E-state index contributed by atoms with van der Waals surface area (Å²) in [4.78, 5) is 16.0. The van der Waals surface area contributed by atoms with Crippen LogP contribution in [0.5, 0.6) is 0 Å². The monoisotopic (exact) mass is 209 g/mol. The average molecular weight is 209 g/mol. The summed E-state index contributed by atoms with van der Waals surface area (Å²) in [6, 6.07) is 0. The van der Waals surface area contributed by atoms with Crippen LogP contribution in [0.1, 0.15) is 5.82 Å². The van der Waals surface area contributed by atoms with Crippen LogP contribution in [0.2, 0.25) is 0 Å². The van der Waals surface area contributed by atoms with Crippen LogP contribution in [-0.2, 0) is 0 Å². The molecular formula is C8H11N5S. The van der Waals surface area contributed by atoms with Gasteiger partial charge >= 0.3 is 0 Å². The van der Waals surface area contributed by atoms with Gasteiger partial charge in [-0.2, -0.15) is 0 Å². The van der Waals surface area contributed by atoms with Crippen LogP contribution in [0, 0.1) is 6.92 Å². The molecule has 0 aliphatic carbocycles. The largest absolute Gasteiger partial charge is 0.371 e. The van der Waals surface area contributed by atoms with Crippen molar-refractivity contribution in [3.8, 4) is 0 Å². The number of aryl methyl sites for hydroxylation is 1. The molecule has 0 aliphatic rings. The zero-order valence-electron chi connectivity index (χ0n) is 8.25. The highest BCUT2D eigenvalue weighted by atomic mass is 32.2. The lowest BCUT2D eigenvalue weighted by Gasteiger charge is -2.01. The van der Waals surface area contributed by atoms with Crippen LogP contribution in [-0.4, -0.2) is 33.2 Å². The molecule has 0 fully saturated rings. The number of nitrogens with zero attached hydrogens (tertiary/aromatic N) is 3. The number of H-pyrrole nitrogens is 1. The SMILES string of the molecule is CNc1nc(SC)nc2nc(C)[nH]c12. The molecule has 0 aromatic carbocycles. The standard InChI is InChI=1S/C8H11N5S/c1-4-10-5-6(9-2)12-8(14-3)13-7(5)11-4/h1-3H3,(H2,9,10,11,12,13). The third-order valence-corrected chi connectivity index (χ3v) is 2.42. The summed E-state index contributed by atoms with van der Waals surface area (Å²) in [6.07, 6.45) is 1.94. The molecule has 5 nitrogen and oxygen atoms in total. The Hall–Kier alpha value is -1.30. The van der Waals surface area contributed by atoms with E-state index in [1.54, 1.807) is 0 Å². The van der Waals surface area contributed by atoms with E-state index in [0.717, 1.165) is 22.3 Å². The minimum Gasteiger partial charge on any atom is -0.371 e. The number of anilines is 1. The smallest absolute Gasteiger partial charge is 0.191 e. The first kappa shape index (κ1) is 9.26. The molecule has 0 radical (unpaired) electrons. The molecular weight excluding hydrogens is 198 g/mol. The number of rotatable bonds is 2. The van der Waals surface area contributed by atoms with Crippen LogP contribution in [0.4, 0.5) is 5.82 Å². The summed E-state index contributed by atoms with van der Waals surface area (Å²) in [5.74, 6) is 1.64. The third kappa shape index (κ3) is 1.41. The van der Waals surface area contributed by atoms with Crippen molar-refractivity contribution in [3.05, 3.63) is 5.82 Å². The molecule has 0 amide bonds. The van der Waals surface area contributed by atoms with E-state index in [4.69, 9.17) is 0 Å². The van der Waals surface area contributed by atoms with Gasteiger partial charge in [0.15, 0.2) is 16.6 Å². The van der Waals surface area contributed by atoms with Gasteiger partial charge in [0, 0.05) is 7.05 Å². The Bertz CT molecular complexity index is 464. The molecule has 0 unspecified atom stereocenters. The van der Waals surface area contributed by atoms with Gasteiger partial charge in [-0.15, -0.1) is 0 Å². The minimum absolute atomic E-state index is 0.714. The van der Waals surface area contributed by atoms with Gasteiger partial charge in [0.25, 0.3) is 0 Å². The number of fused-ring (bicyclic) bond motifs is 1. The molecule has 0 bridgehead atoms. The summed E-state index contributed by atoms with van der Waals surface area (Å²) >= 11 is 1.51. The molecule has 0 saturated carbocycles. The molecule has 2 N–H and O–H groups in total. The van der Waals surface area contributed by atoms with Gasteiger partial charge < -0.3 is 10.3 Å². The molecule has 6 heteroatoms. The van der Waals surface area contributed by atoms with E-state index in [9.17, 15) is 0 Å². The van der Waals surface area contributed by atoms with Gasteiger partial charge in [-0.05, 0) is 13.2 Å². The fraction of sp³-hybridized carbons (Fsp3) is 0.375. The number of nitrogens with one attached hydrogen (secondary N) is 2. The predicted molar refractivity (Wildman–Crippen MR) is 57.7 cm³/mol. The Morgan fingerprint density at radius 1 is 1.29 bits per heavy atom. The highest BCUT2D eigenvalue weighted by molar-refractivity contribution is 7.98. The Morgan fingerprint density at radius 2 is 2.07 bits per heavy atom. The van der Waals surface area contributed by atoms with Crippen molar-refractivity contribution in [2.45, 2.75) is 12.1 Å². The van der Waals surface area contributed by atoms with E-state index >= 15 is 0 Å². The van der Waals surface area contributed by atoms with Gasteiger partial charge in [-0.25, -0.2) is 15.0 Å². The van der Waals surface area contributed by atoms with Crippen LogP contribution in [0.25, 0.3) is 11.2 Å². The van der Waals surface area contributed by atoms with Crippen LogP contribution in [0.3, 0.4) is 0 Å². The highest BCUT2D eigenvalue weighted by Crippen LogP contribution is 2.20. The first-order valence-corrected chi connectivity index (χ1v) is 5.43. The Labute approximate surface area is 85.7 Å². The number of aromatic amines is 1. The van der Waals surface area contributed by atoms with Crippen molar-refractivity contribution in [1.29, 1.82) is 0 Å². The summed E-state index contributed by atoms with van der Waals surface area (Å²) in [7, 11) is 1.84. The first-order valence-electron chi connectivity index (χ1n) is 4.20. The maximum absolute atomic E-state index is 4.32. The molecule has 2 rings (SSSR count). The molecule has 14 heavy (non-hydrogen) atoms. The number of aromatic nitrogens is 4. The molecule has 2 aromatic heterocycles. The lowest BCUT2D eigenvalue weighted by atomic mass is 10.5. The predicted octanol–water partition coefficient (Wildman–Crippen LogP) is 1.42. The summed E-state index contributed by atoms with van der Waals surface area (Å²) in [5.41, 5.74) is 1.58. The maximum atomic E-state index is 4.32. The molecule has 0 saturated heterocycles. The highest BCUT2D eigenvalue weighted by Gasteiger charge is 2.09. The lowest BCUT2D eigenvalue weighted by molar-refractivity contribution is 0.997. The van der Waals surface area contributed by atoms with Crippen molar-refractivity contribution >= 4 is 28.7 Å². The molecule has 0 aliphatic heterocycles. The fourth-order valence-electron chi connectivity index (χ4n) is 1.26. The second kappa shape index (κ2) is 3.45. The Morgan fingerprint density at radius 3 is 2.71 bits per heavy atom. The second-order valence-electron chi connectivity index (χ2n) is 2.83. The zero-order chi connectivity index (χ0) is 10.1. The van der Waals surface area contributed by atoms with E-state index in [-0.39, 0.29) is 0 Å². The maximum Gasteiger partial charge on any atom is 0.191 e. The summed E-state index contributed by atoms with van der Waals surface area (Å²) in [5, 5.41) is 3.75. The van der Waals surface area contributed by atoms with Gasteiger partial charge in [0.05, 0.1) is 0 Å². The van der Waals surface area contributed by atoms with Crippen molar-refractivity contribution in [2.24, 2.45) is 0 Å². The van der Waals surface area contributed by atoms with E-state index in [0.29, 0.717) is 5.65 Å². The molecule has 0 atom stereocenters. The zero-order valence-corrected chi connectivity index (χ0v) is 9.07. The average Bonchev–Trinajstić information content (AvgIpc) is 2.56. The number of hydrogen-bond acceptors (Lipinski definition) is 5. The van der Waals surface area contributed by atoms with Gasteiger partial charge in [0.2, 0.25) is 0 Å². The Kier molecular flexibility index (Phi) is 2.28. The van der Waals surface area contributed by atoms with Crippen molar-refractivity contribution in [2.75, 3.05) is 18.6 Å². The van der Waals surface area contributed by atoms with Crippen molar-refractivity contribution in [3.63, 3.8) is 0 Å². The first-order chi connectivity index (χ1) is 6.74. The van der Waals surface area contributed by atoms with Crippen LogP contribution in [0.15, 0.2) is 5.16 Å².